The van der Waals surface area contributed by atoms with Crippen molar-refractivity contribution in [3.05, 3.63) is 48.2 Å². The molecule has 96 valence electrons. The Morgan fingerprint density at radius 2 is 1.83 bits per heavy atom. The number of nitrogens with zero attached hydrogens (tertiary/aromatic N) is 2. The summed E-state index contributed by atoms with van der Waals surface area (Å²) in [4.78, 5) is 10.2. The van der Waals surface area contributed by atoms with Crippen molar-refractivity contribution in [2.24, 2.45) is 0 Å². The predicted molar refractivity (Wildman–Crippen MR) is 52.7 cm³/mol. The van der Waals surface area contributed by atoms with Crippen LogP contribution in [0.25, 0.3) is 0 Å². The molecular weight excluding hydrogens is 253 g/mol. The number of alkyl halides is 3. The zero-order valence-electron chi connectivity index (χ0n) is 8.76. The van der Waals surface area contributed by atoms with Crippen LogP contribution in [0.5, 0.6) is 0 Å². The van der Waals surface area contributed by atoms with Gasteiger partial charge in [0.15, 0.2) is 0 Å². The number of hydrogen-bond donors (Lipinski definition) is 1. The van der Waals surface area contributed by atoms with Gasteiger partial charge in [-0.15, -0.1) is 10.2 Å². The van der Waals surface area contributed by atoms with Crippen LogP contribution in [0.3, 0.4) is 0 Å². The van der Waals surface area contributed by atoms with Crippen LogP contribution in [0.15, 0.2) is 41.1 Å². The molecule has 1 aromatic heterocycles. The minimum Gasteiger partial charge on any atom is -0.478 e. The Morgan fingerprint density at radius 1 is 1.22 bits per heavy atom. The smallest absolute Gasteiger partial charge is 0.470 e. The quantitative estimate of drug-likeness (QED) is 0.852. The Bertz CT molecular complexity index is 483. The fraction of sp³-hybridized carbons (Fsp3) is 0.100. The summed E-state index contributed by atoms with van der Waals surface area (Å²) in [6, 6.07) is 8.30. The fourth-order valence-corrected chi connectivity index (χ4v) is 0.877. The van der Waals surface area contributed by atoms with Crippen LogP contribution in [-0.4, -0.2) is 21.3 Å². The molecule has 1 aromatic carbocycles. The van der Waals surface area contributed by atoms with E-state index in [0.29, 0.717) is 12.0 Å². The molecule has 0 atom stereocenters. The number of benzene rings is 1. The van der Waals surface area contributed by atoms with Crippen molar-refractivity contribution in [3.8, 4) is 0 Å². The van der Waals surface area contributed by atoms with Gasteiger partial charge in [0, 0.05) is 0 Å². The molecule has 18 heavy (non-hydrogen) atoms. The third-order valence-electron chi connectivity index (χ3n) is 1.62. The predicted octanol–water partition coefficient (Wildman–Crippen LogP) is 2.47. The van der Waals surface area contributed by atoms with Crippen LogP contribution in [-0.2, 0) is 6.18 Å². The van der Waals surface area contributed by atoms with Crippen molar-refractivity contribution < 1.29 is 27.5 Å². The SMILES string of the molecule is FC(F)(F)c1nnco1.O=C(O)c1ccccc1. The van der Waals surface area contributed by atoms with E-state index >= 15 is 0 Å². The summed E-state index contributed by atoms with van der Waals surface area (Å²) in [7, 11) is 0. The average molecular weight is 260 g/mol. The topological polar surface area (TPSA) is 76.2 Å². The lowest BCUT2D eigenvalue weighted by atomic mass is 10.2. The van der Waals surface area contributed by atoms with E-state index in [2.05, 4.69) is 14.6 Å². The zero-order chi connectivity index (χ0) is 13.6. The van der Waals surface area contributed by atoms with Gasteiger partial charge in [0.05, 0.1) is 5.56 Å². The Morgan fingerprint density at radius 3 is 2.11 bits per heavy atom. The highest BCUT2D eigenvalue weighted by Gasteiger charge is 2.36. The van der Waals surface area contributed by atoms with E-state index in [9.17, 15) is 18.0 Å². The highest BCUT2D eigenvalue weighted by atomic mass is 19.4. The number of rotatable bonds is 1. The van der Waals surface area contributed by atoms with Gasteiger partial charge in [0.1, 0.15) is 0 Å². The minimum absolute atomic E-state index is 0.331. The van der Waals surface area contributed by atoms with E-state index in [1.54, 1.807) is 30.3 Å². The standard InChI is InChI=1S/C7H6O2.C3HF3N2O/c8-7(9)6-4-2-1-3-5-6;4-3(5,6)2-8-7-1-9-2/h1-5H,(H,8,9);1H. The second-order valence-electron chi connectivity index (χ2n) is 2.91. The van der Waals surface area contributed by atoms with Crippen molar-refractivity contribution in [2.45, 2.75) is 6.18 Å². The first kappa shape index (κ1) is 13.7. The summed E-state index contributed by atoms with van der Waals surface area (Å²) < 4.78 is 38.1. The molecule has 0 fully saturated rings. The summed E-state index contributed by atoms with van der Waals surface area (Å²) in [5.41, 5.74) is 0.331. The Kier molecular flexibility index (Phi) is 4.41. The molecule has 0 aliphatic heterocycles. The number of carbonyl (C=O) groups is 1. The number of carboxylic acids is 1. The second-order valence-corrected chi connectivity index (χ2v) is 2.91. The van der Waals surface area contributed by atoms with E-state index < -0.39 is 18.0 Å². The van der Waals surface area contributed by atoms with Gasteiger partial charge in [0.2, 0.25) is 6.39 Å². The number of aromatic carboxylic acids is 1. The maximum Gasteiger partial charge on any atom is 0.470 e. The minimum atomic E-state index is -4.52. The molecule has 0 saturated carbocycles. The molecule has 0 amide bonds. The Labute approximate surface area is 98.9 Å². The Balaban J connectivity index is 0.000000180. The summed E-state index contributed by atoms with van der Waals surface area (Å²) in [6.45, 7) is 0. The third-order valence-corrected chi connectivity index (χ3v) is 1.62. The average Bonchev–Trinajstić information content (AvgIpc) is 2.84. The van der Waals surface area contributed by atoms with Crippen LogP contribution in [0.2, 0.25) is 0 Å². The lowest BCUT2D eigenvalue weighted by Crippen LogP contribution is -2.04. The molecule has 0 radical (unpaired) electrons. The van der Waals surface area contributed by atoms with Crippen LogP contribution in [0.1, 0.15) is 16.2 Å². The van der Waals surface area contributed by atoms with Crippen molar-refractivity contribution >= 4 is 5.97 Å². The van der Waals surface area contributed by atoms with Gasteiger partial charge >= 0.3 is 18.0 Å². The monoisotopic (exact) mass is 260 g/mol. The highest BCUT2D eigenvalue weighted by Crippen LogP contribution is 2.26. The molecule has 5 nitrogen and oxygen atoms in total. The van der Waals surface area contributed by atoms with Crippen LogP contribution in [0.4, 0.5) is 13.2 Å². The van der Waals surface area contributed by atoms with E-state index in [-0.39, 0.29) is 0 Å². The summed E-state index contributed by atoms with van der Waals surface area (Å²) >= 11 is 0. The van der Waals surface area contributed by atoms with E-state index in [0.717, 1.165) is 0 Å². The molecule has 0 spiro atoms. The Hall–Kier alpha value is -2.38. The third kappa shape index (κ3) is 4.24. The molecule has 0 aliphatic carbocycles. The lowest BCUT2D eigenvalue weighted by Gasteiger charge is -1.95. The van der Waals surface area contributed by atoms with Gasteiger partial charge in [-0.25, -0.2) is 4.79 Å². The number of hydrogen-bond acceptors (Lipinski definition) is 4. The number of carboxylic acid groups (broad SMARTS) is 1. The zero-order valence-corrected chi connectivity index (χ0v) is 8.76. The molecule has 8 heteroatoms. The summed E-state index contributed by atoms with van der Waals surface area (Å²) in [5, 5.41) is 13.9. The van der Waals surface area contributed by atoms with Gasteiger partial charge in [-0.1, -0.05) is 18.2 Å². The van der Waals surface area contributed by atoms with Crippen molar-refractivity contribution in [1.29, 1.82) is 0 Å². The van der Waals surface area contributed by atoms with Crippen molar-refractivity contribution in [1.82, 2.24) is 10.2 Å². The number of halogens is 3. The van der Waals surface area contributed by atoms with Gasteiger partial charge < -0.3 is 9.52 Å². The van der Waals surface area contributed by atoms with Crippen LogP contribution in [0, 0.1) is 0 Å². The first-order chi connectivity index (χ1) is 8.41. The van der Waals surface area contributed by atoms with Gasteiger partial charge in [-0.2, -0.15) is 13.2 Å². The van der Waals surface area contributed by atoms with Crippen LogP contribution >= 0.6 is 0 Å². The first-order valence-electron chi connectivity index (χ1n) is 4.53. The molecule has 1 heterocycles. The molecule has 0 unspecified atom stereocenters. The molecule has 0 aliphatic rings. The van der Waals surface area contributed by atoms with E-state index in [4.69, 9.17) is 5.11 Å². The van der Waals surface area contributed by atoms with Crippen molar-refractivity contribution in [2.75, 3.05) is 0 Å². The molecule has 0 saturated heterocycles. The van der Waals surface area contributed by atoms with Crippen LogP contribution < -0.4 is 0 Å². The maximum absolute atomic E-state index is 11.4. The highest BCUT2D eigenvalue weighted by molar-refractivity contribution is 5.87. The second kappa shape index (κ2) is 5.80. The van der Waals surface area contributed by atoms with E-state index in [1.165, 1.54) is 0 Å². The molecule has 0 bridgehead atoms. The van der Waals surface area contributed by atoms with E-state index in [1.807, 2.05) is 0 Å². The number of aromatic nitrogens is 2. The lowest BCUT2D eigenvalue weighted by molar-refractivity contribution is -0.157. The summed E-state index contributed by atoms with van der Waals surface area (Å²) in [6.07, 6.45) is -3.89. The molecular formula is C10H7F3N2O3. The molecule has 2 rings (SSSR count). The first-order valence-corrected chi connectivity index (χ1v) is 4.53. The van der Waals surface area contributed by atoms with Gasteiger partial charge in [-0.05, 0) is 12.1 Å². The van der Waals surface area contributed by atoms with Gasteiger partial charge in [0.25, 0.3) is 0 Å². The van der Waals surface area contributed by atoms with Gasteiger partial charge in [-0.3, -0.25) is 0 Å². The fourth-order valence-electron chi connectivity index (χ4n) is 0.877. The largest absolute Gasteiger partial charge is 0.478 e. The van der Waals surface area contributed by atoms with Crippen molar-refractivity contribution in [3.63, 3.8) is 0 Å². The maximum atomic E-state index is 11.4. The molecule has 2 aromatic rings. The molecule has 1 N–H and O–H groups in total. The normalized spacial score (nSPS) is 10.4. The summed E-state index contributed by atoms with van der Waals surface area (Å²) in [5.74, 6) is -2.20.